The van der Waals surface area contributed by atoms with Crippen LogP contribution >= 0.6 is 0 Å². The number of ether oxygens (including phenoxy) is 1. The zero-order valence-corrected chi connectivity index (χ0v) is 10.7. The van der Waals surface area contributed by atoms with E-state index in [2.05, 4.69) is 0 Å². The maximum absolute atomic E-state index is 13.1. The Balaban J connectivity index is 0.00000200. The maximum Gasteiger partial charge on any atom is 0.488 e. The van der Waals surface area contributed by atoms with Gasteiger partial charge in [-0.3, -0.25) is 0 Å². The van der Waals surface area contributed by atoms with Crippen molar-refractivity contribution in [3.63, 3.8) is 0 Å². The van der Waals surface area contributed by atoms with E-state index in [0.29, 0.717) is 17.0 Å². The van der Waals surface area contributed by atoms with Crippen molar-refractivity contribution in [3.8, 4) is 11.5 Å². The highest BCUT2D eigenvalue weighted by atomic mass is 19.1. The van der Waals surface area contributed by atoms with E-state index in [-0.39, 0.29) is 13.2 Å². The molecular formula is C15H18BFO3. The second-order valence-corrected chi connectivity index (χ2v) is 4.42. The third-order valence-electron chi connectivity index (χ3n) is 2.80. The molecule has 0 fully saturated rings. The molecule has 0 aliphatic heterocycles. The topological polar surface area (TPSA) is 49.7 Å². The molecule has 5 heteroatoms. The molecule has 20 heavy (non-hydrogen) atoms. The second-order valence-electron chi connectivity index (χ2n) is 4.42. The smallest absolute Gasteiger partial charge is 0.457 e. The fraction of sp³-hybridized carbons (Fsp3) is 0.200. The summed E-state index contributed by atoms with van der Waals surface area (Å²) in [6.45, 7) is 3.60. The van der Waals surface area contributed by atoms with Gasteiger partial charge in [0.2, 0.25) is 0 Å². The van der Waals surface area contributed by atoms with Gasteiger partial charge in [0.25, 0.3) is 0 Å². The molecule has 0 aliphatic carbocycles. The van der Waals surface area contributed by atoms with Crippen LogP contribution in [0.2, 0.25) is 0 Å². The van der Waals surface area contributed by atoms with E-state index in [0.717, 1.165) is 11.1 Å². The van der Waals surface area contributed by atoms with Gasteiger partial charge in [-0.15, -0.1) is 0 Å². The van der Waals surface area contributed by atoms with Crippen molar-refractivity contribution >= 4 is 12.6 Å². The summed E-state index contributed by atoms with van der Waals surface area (Å²) in [5.41, 5.74) is 1.92. The average molecular weight is 276 g/mol. The molecule has 106 valence electrons. The van der Waals surface area contributed by atoms with Crippen LogP contribution in [0.15, 0.2) is 36.4 Å². The highest BCUT2D eigenvalue weighted by molar-refractivity contribution is 6.58. The molecule has 0 aromatic heterocycles. The Hall–Kier alpha value is -1.85. The predicted octanol–water partition coefficient (Wildman–Crippen LogP) is 2.55. The monoisotopic (exact) mass is 276 g/mol. The molecule has 2 rings (SSSR count). The zero-order valence-electron chi connectivity index (χ0n) is 10.7. The normalized spacial score (nSPS) is 9.85. The van der Waals surface area contributed by atoms with Crippen LogP contribution in [0.3, 0.4) is 0 Å². The molecule has 2 aromatic rings. The number of rotatable bonds is 3. The second kappa shape index (κ2) is 6.54. The quantitative estimate of drug-likeness (QED) is 0.847. The third-order valence-corrected chi connectivity index (χ3v) is 2.80. The van der Waals surface area contributed by atoms with Crippen molar-refractivity contribution in [2.24, 2.45) is 0 Å². The van der Waals surface area contributed by atoms with Gasteiger partial charge < -0.3 is 14.8 Å². The Morgan fingerprint density at radius 2 is 1.65 bits per heavy atom. The van der Waals surface area contributed by atoms with Gasteiger partial charge in [0.05, 0.1) is 0 Å². The van der Waals surface area contributed by atoms with Crippen LogP contribution in [0, 0.1) is 19.7 Å². The molecule has 0 atom stereocenters. The fourth-order valence-corrected chi connectivity index (χ4v) is 1.94. The molecule has 2 aromatic carbocycles. The minimum absolute atomic E-state index is 0. The standard InChI is InChI=1S/C14H14BFO3.CH4/c1-9-6-11(15(17)18)7-10(2)14(9)19-13-5-3-4-12(16)8-13;/h3-8,17-18H,1-2H3;1H4. The van der Waals surface area contributed by atoms with Crippen LogP contribution in [-0.2, 0) is 0 Å². The maximum atomic E-state index is 13.1. The first-order valence-electron chi connectivity index (χ1n) is 5.88. The summed E-state index contributed by atoms with van der Waals surface area (Å²) >= 11 is 0. The number of hydrogen-bond acceptors (Lipinski definition) is 3. The summed E-state index contributed by atoms with van der Waals surface area (Å²) < 4.78 is 18.7. The summed E-state index contributed by atoms with van der Waals surface area (Å²) in [6.07, 6.45) is 0. The predicted molar refractivity (Wildman–Crippen MR) is 78.9 cm³/mol. The van der Waals surface area contributed by atoms with E-state index < -0.39 is 7.12 Å². The lowest BCUT2D eigenvalue weighted by atomic mass is 9.78. The van der Waals surface area contributed by atoms with Gasteiger partial charge in [0, 0.05) is 6.07 Å². The van der Waals surface area contributed by atoms with Gasteiger partial charge in [-0.05, 0) is 42.6 Å². The van der Waals surface area contributed by atoms with Crippen molar-refractivity contribution in [2.75, 3.05) is 0 Å². The first-order valence-corrected chi connectivity index (χ1v) is 5.88. The lowest BCUT2D eigenvalue weighted by molar-refractivity contribution is 0.425. The lowest BCUT2D eigenvalue weighted by Gasteiger charge is -2.13. The largest absolute Gasteiger partial charge is 0.488 e. The van der Waals surface area contributed by atoms with Crippen LogP contribution < -0.4 is 10.2 Å². The molecule has 0 amide bonds. The van der Waals surface area contributed by atoms with Crippen molar-refractivity contribution in [1.29, 1.82) is 0 Å². The summed E-state index contributed by atoms with van der Waals surface area (Å²) in [5, 5.41) is 18.3. The van der Waals surface area contributed by atoms with E-state index in [1.165, 1.54) is 12.1 Å². The number of halogens is 1. The summed E-state index contributed by atoms with van der Waals surface area (Å²) in [7, 11) is -1.51. The number of benzene rings is 2. The molecular weight excluding hydrogens is 258 g/mol. The summed E-state index contributed by atoms with van der Waals surface area (Å²) in [4.78, 5) is 0. The van der Waals surface area contributed by atoms with Crippen LogP contribution in [-0.4, -0.2) is 17.2 Å². The van der Waals surface area contributed by atoms with Crippen molar-refractivity contribution in [2.45, 2.75) is 21.3 Å². The van der Waals surface area contributed by atoms with Crippen LogP contribution in [0.1, 0.15) is 18.6 Å². The van der Waals surface area contributed by atoms with Gasteiger partial charge in [0.15, 0.2) is 0 Å². The van der Waals surface area contributed by atoms with Crippen molar-refractivity contribution < 1.29 is 19.2 Å². The molecule has 2 N–H and O–H groups in total. The van der Waals surface area contributed by atoms with Gasteiger partial charge >= 0.3 is 7.12 Å². The summed E-state index contributed by atoms with van der Waals surface area (Å²) in [6, 6.07) is 9.14. The Bertz CT molecular complexity index is 576. The molecule has 0 spiro atoms. The van der Waals surface area contributed by atoms with Crippen LogP contribution in [0.5, 0.6) is 11.5 Å². The van der Waals surface area contributed by atoms with E-state index in [1.807, 2.05) is 0 Å². The van der Waals surface area contributed by atoms with Crippen LogP contribution in [0.25, 0.3) is 0 Å². The average Bonchev–Trinajstić information content (AvgIpc) is 2.33. The number of aryl methyl sites for hydroxylation is 2. The Morgan fingerprint density at radius 3 is 2.15 bits per heavy atom. The molecule has 0 bridgehead atoms. The first kappa shape index (κ1) is 16.2. The van der Waals surface area contributed by atoms with E-state index >= 15 is 0 Å². The van der Waals surface area contributed by atoms with Crippen molar-refractivity contribution in [1.82, 2.24) is 0 Å². The van der Waals surface area contributed by atoms with E-state index in [9.17, 15) is 4.39 Å². The van der Waals surface area contributed by atoms with Gasteiger partial charge in [-0.2, -0.15) is 0 Å². The SMILES string of the molecule is C.Cc1cc(B(O)O)cc(C)c1Oc1cccc(F)c1. The molecule has 0 unspecified atom stereocenters. The first-order chi connectivity index (χ1) is 8.97. The van der Waals surface area contributed by atoms with Gasteiger partial charge in [-0.25, -0.2) is 4.39 Å². The third kappa shape index (κ3) is 3.59. The minimum Gasteiger partial charge on any atom is -0.457 e. The van der Waals surface area contributed by atoms with E-state index in [1.54, 1.807) is 38.1 Å². The summed E-state index contributed by atoms with van der Waals surface area (Å²) in [5.74, 6) is 0.633. The molecule has 0 radical (unpaired) electrons. The highest BCUT2D eigenvalue weighted by Gasteiger charge is 2.15. The number of hydrogen-bond donors (Lipinski definition) is 2. The minimum atomic E-state index is -1.51. The lowest BCUT2D eigenvalue weighted by Crippen LogP contribution is -2.30. The molecule has 3 nitrogen and oxygen atoms in total. The Kier molecular flexibility index (Phi) is 5.30. The van der Waals surface area contributed by atoms with Gasteiger partial charge in [0.1, 0.15) is 17.3 Å². The van der Waals surface area contributed by atoms with E-state index in [4.69, 9.17) is 14.8 Å². The Labute approximate surface area is 118 Å². The molecule has 0 saturated carbocycles. The molecule has 0 heterocycles. The van der Waals surface area contributed by atoms with Crippen molar-refractivity contribution in [3.05, 3.63) is 53.3 Å². The molecule has 0 aliphatic rings. The Morgan fingerprint density at radius 1 is 1.05 bits per heavy atom. The zero-order chi connectivity index (χ0) is 14.0. The van der Waals surface area contributed by atoms with Gasteiger partial charge in [-0.1, -0.05) is 25.6 Å². The molecule has 0 saturated heterocycles. The highest BCUT2D eigenvalue weighted by Crippen LogP contribution is 2.28. The fourth-order valence-electron chi connectivity index (χ4n) is 1.94. The van der Waals surface area contributed by atoms with Crippen LogP contribution in [0.4, 0.5) is 4.39 Å².